The van der Waals surface area contributed by atoms with Gasteiger partial charge in [0.1, 0.15) is 0 Å². The maximum Gasteiger partial charge on any atom is 0.292 e. The Kier molecular flexibility index (Phi) is 4.97. The summed E-state index contributed by atoms with van der Waals surface area (Å²) in [5.74, 6) is 0.315. The molecule has 2 aromatic rings. The van der Waals surface area contributed by atoms with Crippen LogP contribution in [0.2, 0.25) is 0 Å². The van der Waals surface area contributed by atoms with E-state index in [1.165, 1.54) is 6.21 Å². The second kappa shape index (κ2) is 7.17. The minimum Gasteiger partial charge on any atom is -0.281 e. The number of aryl methyl sites for hydroxylation is 1. The highest BCUT2D eigenvalue weighted by molar-refractivity contribution is 5.94. The molecular formula is C19H25N5O. The van der Waals surface area contributed by atoms with Crippen molar-refractivity contribution in [2.75, 3.05) is 0 Å². The lowest BCUT2D eigenvalue weighted by molar-refractivity contribution is 0.0948. The third-order valence-electron chi connectivity index (χ3n) is 4.41. The van der Waals surface area contributed by atoms with Gasteiger partial charge < -0.3 is 0 Å². The highest BCUT2D eigenvalue weighted by Crippen LogP contribution is 2.34. The molecule has 0 saturated carbocycles. The Bertz CT molecular complexity index is 758. The summed E-state index contributed by atoms with van der Waals surface area (Å²) < 4.78 is 0. The Hall–Kier alpha value is -2.50. The van der Waals surface area contributed by atoms with E-state index in [-0.39, 0.29) is 5.91 Å². The lowest BCUT2D eigenvalue weighted by Gasteiger charge is -2.28. The zero-order chi connectivity index (χ0) is 17.9. The predicted molar refractivity (Wildman–Crippen MR) is 97.5 cm³/mol. The van der Waals surface area contributed by atoms with Gasteiger partial charge in [-0.2, -0.15) is 10.2 Å². The summed E-state index contributed by atoms with van der Waals surface area (Å²) in [6.45, 7) is 6.79. The molecule has 6 heteroatoms. The molecule has 0 spiro atoms. The smallest absolute Gasteiger partial charge is 0.281 e. The third kappa shape index (κ3) is 4.53. The van der Waals surface area contributed by atoms with Crippen molar-refractivity contribution < 1.29 is 4.79 Å². The second-order valence-corrected chi connectivity index (χ2v) is 7.86. The van der Waals surface area contributed by atoms with Gasteiger partial charge in [0.15, 0.2) is 5.69 Å². The number of carbonyl (C=O) groups is 1. The Labute approximate surface area is 148 Å². The molecule has 0 saturated heterocycles. The first-order chi connectivity index (χ1) is 11.9. The number of rotatable bonds is 4. The molecule has 1 aliphatic rings. The summed E-state index contributed by atoms with van der Waals surface area (Å²) in [4.78, 5) is 16.6. The minimum atomic E-state index is -0.277. The molecule has 2 N–H and O–H groups in total. The van der Waals surface area contributed by atoms with Crippen molar-refractivity contribution >= 4 is 12.1 Å². The van der Waals surface area contributed by atoms with Gasteiger partial charge in [-0.1, -0.05) is 26.8 Å². The van der Waals surface area contributed by atoms with Crippen molar-refractivity contribution in [2.24, 2.45) is 16.4 Å². The molecule has 3 rings (SSSR count). The summed E-state index contributed by atoms with van der Waals surface area (Å²) in [5, 5.41) is 11.2. The standard InChI is InChI=1S/C19H25N5O/c1-19(2,3)11-13-7-8-16-15(10-13)17(23-22-16)18(25)24-21-12-14-6-4-5-9-20-14/h4-6,9,12-13H,7-8,10-11H2,1-3H3,(H,22,23)(H,24,25)/b21-12-/t13-/m1/s1. The van der Waals surface area contributed by atoms with Gasteiger partial charge in [0.05, 0.1) is 11.9 Å². The molecule has 1 atom stereocenters. The predicted octanol–water partition coefficient (Wildman–Crippen LogP) is 3.11. The Morgan fingerprint density at radius 2 is 2.28 bits per heavy atom. The number of hydrazone groups is 1. The normalized spacial score (nSPS) is 17.5. The molecule has 2 heterocycles. The molecule has 1 aliphatic carbocycles. The first-order valence-electron chi connectivity index (χ1n) is 8.73. The highest BCUT2D eigenvalue weighted by atomic mass is 16.2. The van der Waals surface area contributed by atoms with E-state index in [9.17, 15) is 4.79 Å². The van der Waals surface area contributed by atoms with E-state index < -0.39 is 0 Å². The van der Waals surface area contributed by atoms with Crippen molar-refractivity contribution in [3.05, 3.63) is 47.0 Å². The fourth-order valence-electron chi connectivity index (χ4n) is 3.46. The molecule has 132 valence electrons. The van der Waals surface area contributed by atoms with Crippen LogP contribution in [0.3, 0.4) is 0 Å². The number of nitrogens with one attached hydrogen (secondary N) is 2. The molecule has 25 heavy (non-hydrogen) atoms. The topological polar surface area (TPSA) is 83.0 Å². The van der Waals surface area contributed by atoms with Gasteiger partial charge in [-0.3, -0.25) is 14.9 Å². The Morgan fingerprint density at radius 1 is 1.44 bits per heavy atom. The molecular weight excluding hydrogens is 314 g/mol. The van der Waals surface area contributed by atoms with Gasteiger partial charge in [0.25, 0.3) is 5.91 Å². The fraction of sp³-hybridized carbons (Fsp3) is 0.474. The first kappa shape index (κ1) is 17.3. The maximum atomic E-state index is 12.4. The minimum absolute atomic E-state index is 0.277. The lowest BCUT2D eigenvalue weighted by atomic mass is 9.76. The van der Waals surface area contributed by atoms with Gasteiger partial charge in [-0.05, 0) is 49.1 Å². The number of pyridine rings is 1. The average Bonchev–Trinajstić information content (AvgIpc) is 2.97. The zero-order valence-corrected chi connectivity index (χ0v) is 15.0. The van der Waals surface area contributed by atoms with Crippen LogP contribution in [0.15, 0.2) is 29.5 Å². The quantitative estimate of drug-likeness (QED) is 0.663. The molecule has 0 unspecified atom stereocenters. The van der Waals surface area contributed by atoms with Crippen molar-refractivity contribution in [1.82, 2.24) is 20.6 Å². The van der Waals surface area contributed by atoms with Gasteiger partial charge >= 0.3 is 0 Å². The number of hydrogen-bond donors (Lipinski definition) is 2. The molecule has 0 bridgehead atoms. The summed E-state index contributed by atoms with van der Waals surface area (Å²) in [7, 11) is 0. The van der Waals surface area contributed by atoms with Gasteiger partial charge in [-0.15, -0.1) is 0 Å². The Morgan fingerprint density at radius 3 is 3.00 bits per heavy atom. The summed E-state index contributed by atoms with van der Waals surface area (Å²) in [6.07, 6.45) is 7.35. The molecule has 0 fully saturated rings. The van der Waals surface area contributed by atoms with Crippen LogP contribution in [0, 0.1) is 11.3 Å². The van der Waals surface area contributed by atoms with Crippen LogP contribution in [0.4, 0.5) is 0 Å². The number of hydrogen-bond acceptors (Lipinski definition) is 4. The summed E-state index contributed by atoms with van der Waals surface area (Å²) >= 11 is 0. The van der Waals surface area contributed by atoms with E-state index in [1.54, 1.807) is 6.20 Å². The zero-order valence-electron chi connectivity index (χ0n) is 15.0. The number of carbonyl (C=O) groups excluding carboxylic acids is 1. The van der Waals surface area contributed by atoms with Crippen LogP contribution < -0.4 is 5.43 Å². The van der Waals surface area contributed by atoms with E-state index in [0.717, 1.165) is 36.9 Å². The van der Waals surface area contributed by atoms with Gasteiger partial charge in [0, 0.05) is 17.5 Å². The van der Waals surface area contributed by atoms with Crippen molar-refractivity contribution in [3.8, 4) is 0 Å². The average molecular weight is 339 g/mol. The van der Waals surface area contributed by atoms with Gasteiger partial charge in [-0.25, -0.2) is 5.43 Å². The van der Waals surface area contributed by atoms with Crippen LogP contribution >= 0.6 is 0 Å². The van der Waals surface area contributed by atoms with E-state index in [1.807, 2.05) is 18.2 Å². The highest BCUT2D eigenvalue weighted by Gasteiger charge is 2.28. The van der Waals surface area contributed by atoms with E-state index in [0.29, 0.717) is 22.7 Å². The second-order valence-electron chi connectivity index (χ2n) is 7.86. The van der Waals surface area contributed by atoms with Crippen LogP contribution in [0.25, 0.3) is 0 Å². The number of fused-ring (bicyclic) bond motifs is 1. The van der Waals surface area contributed by atoms with E-state index >= 15 is 0 Å². The number of aromatic nitrogens is 3. The maximum absolute atomic E-state index is 12.4. The lowest BCUT2D eigenvalue weighted by Crippen LogP contribution is -2.24. The fourth-order valence-corrected chi connectivity index (χ4v) is 3.46. The van der Waals surface area contributed by atoms with Crippen LogP contribution in [-0.4, -0.2) is 27.3 Å². The van der Waals surface area contributed by atoms with Crippen molar-refractivity contribution in [1.29, 1.82) is 0 Å². The van der Waals surface area contributed by atoms with Crippen molar-refractivity contribution in [3.63, 3.8) is 0 Å². The molecule has 0 aromatic carbocycles. The number of H-pyrrole nitrogens is 1. The van der Waals surface area contributed by atoms with Crippen molar-refractivity contribution in [2.45, 2.75) is 46.5 Å². The Balaban J connectivity index is 1.67. The van der Waals surface area contributed by atoms with Crippen LogP contribution in [0.1, 0.15) is 61.1 Å². The first-order valence-corrected chi connectivity index (χ1v) is 8.73. The number of amides is 1. The summed E-state index contributed by atoms with van der Waals surface area (Å²) in [6, 6.07) is 5.53. The molecule has 0 radical (unpaired) electrons. The van der Waals surface area contributed by atoms with Crippen LogP contribution in [-0.2, 0) is 12.8 Å². The van der Waals surface area contributed by atoms with Gasteiger partial charge in [0.2, 0.25) is 0 Å². The SMILES string of the molecule is CC(C)(C)C[C@@H]1CCc2[nH]nc(C(=O)N/N=C\c3ccccn3)c2C1. The van der Waals surface area contributed by atoms with Crippen LogP contribution in [0.5, 0.6) is 0 Å². The number of nitrogens with zero attached hydrogens (tertiary/aromatic N) is 3. The largest absolute Gasteiger partial charge is 0.292 e. The third-order valence-corrected chi connectivity index (χ3v) is 4.41. The monoisotopic (exact) mass is 339 g/mol. The molecule has 1 amide bonds. The summed E-state index contributed by atoms with van der Waals surface area (Å²) in [5.41, 5.74) is 6.14. The molecule has 2 aromatic heterocycles. The molecule has 6 nitrogen and oxygen atoms in total. The molecule has 0 aliphatic heterocycles. The van der Waals surface area contributed by atoms with E-state index in [2.05, 4.69) is 46.5 Å². The van der Waals surface area contributed by atoms with E-state index in [4.69, 9.17) is 0 Å². The number of aromatic amines is 1.